The van der Waals surface area contributed by atoms with Crippen molar-refractivity contribution in [2.75, 3.05) is 20.8 Å². The van der Waals surface area contributed by atoms with Crippen molar-refractivity contribution in [2.45, 2.75) is 45.1 Å². The number of hydrogen-bond donors (Lipinski definition) is 2. The summed E-state index contributed by atoms with van der Waals surface area (Å²) >= 11 is 0. The van der Waals surface area contributed by atoms with Gasteiger partial charge in [0.25, 0.3) is 5.56 Å². The van der Waals surface area contributed by atoms with Gasteiger partial charge in [-0.2, -0.15) is 0 Å². The topological polar surface area (TPSA) is 98.2 Å². The van der Waals surface area contributed by atoms with E-state index in [9.17, 15) is 9.59 Å². The van der Waals surface area contributed by atoms with Gasteiger partial charge in [0.1, 0.15) is 11.0 Å². The molecule has 2 N–H and O–H groups in total. The van der Waals surface area contributed by atoms with Crippen LogP contribution in [0.15, 0.2) is 34.9 Å². The minimum atomic E-state index is -0.209. The van der Waals surface area contributed by atoms with Crippen LogP contribution >= 0.6 is 0 Å². The van der Waals surface area contributed by atoms with E-state index in [0.717, 1.165) is 30.2 Å². The highest BCUT2D eigenvalue weighted by atomic mass is 16.5. The Balaban J connectivity index is 1.45. The number of ether oxygens (including phenoxy) is 2. The van der Waals surface area contributed by atoms with Crippen molar-refractivity contribution >= 4 is 27.8 Å². The predicted molar refractivity (Wildman–Crippen MR) is 120 cm³/mol. The van der Waals surface area contributed by atoms with Crippen molar-refractivity contribution < 1.29 is 14.3 Å². The predicted octanol–water partition coefficient (Wildman–Crippen LogP) is 3.29. The fourth-order valence-corrected chi connectivity index (χ4v) is 4.08. The Kier molecular flexibility index (Phi) is 6.25. The first kappa shape index (κ1) is 21.0. The lowest BCUT2D eigenvalue weighted by atomic mass is 9.97. The van der Waals surface area contributed by atoms with Gasteiger partial charge in [0.2, 0.25) is 5.91 Å². The molecule has 0 saturated heterocycles. The second-order valence-corrected chi connectivity index (χ2v) is 7.80. The normalized spacial score (nSPS) is 13.9. The van der Waals surface area contributed by atoms with E-state index >= 15 is 0 Å². The second-order valence-electron chi connectivity index (χ2n) is 7.80. The first-order valence-electron chi connectivity index (χ1n) is 10.7. The minimum absolute atomic E-state index is 0.0606. The van der Waals surface area contributed by atoms with Gasteiger partial charge in [-0.25, -0.2) is 4.98 Å². The molecule has 1 aliphatic rings. The highest BCUT2D eigenvalue weighted by molar-refractivity contribution is 6.05. The number of hydrogen-bond acceptors (Lipinski definition) is 5. The van der Waals surface area contributed by atoms with E-state index in [1.165, 1.54) is 29.3 Å². The van der Waals surface area contributed by atoms with Crippen molar-refractivity contribution in [1.82, 2.24) is 19.9 Å². The molecule has 8 heteroatoms. The molecule has 1 aromatic carbocycles. The molecule has 0 bridgehead atoms. The Bertz CT molecular complexity index is 1190. The molecule has 2 heterocycles. The van der Waals surface area contributed by atoms with Gasteiger partial charge >= 0.3 is 0 Å². The molecule has 4 rings (SSSR count). The number of aryl methyl sites for hydroxylation is 1. The summed E-state index contributed by atoms with van der Waals surface area (Å²) in [4.78, 5) is 32.7. The Morgan fingerprint density at radius 3 is 2.77 bits per heavy atom. The van der Waals surface area contributed by atoms with Crippen molar-refractivity contribution in [1.29, 1.82) is 0 Å². The summed E-state index contributed by atoms with van der Waals surface area (Å²) < 4.78 is 12.2. The van der Waals surface area contributed by atoms with Crippen LogP contribution in [0.2, 0.25) is 0 Å². The lowest BCUT2D eigenvalue weighted by Crippen LogP contribution is -2.28. The van der Waals surface area contributed by atoms with Crippen LogP contribution in [0.3, 0.4) is 0 Å². The Morgan fingerprint density at radius 2 is 2.03 bits per heavy atom. The van der Waals surface area contributed by atoms with E-state index < -0.39 is 0 Å². The molecule has 164 valence electrons. The van der Waals surface area contributed by atoms with Crippen LogP contribution in [0.25, 0.3) is 21.9 Å². The summed E-state index contributed by atoms with van der Waals surface area (Å²) in [6.45, 7) is 0.918. The number of carbonyl (C=O) groups excluding carboxylic acids is 1. The highest BCUT2D eigenvalue weighted by Crippen LogP contribution is 2.34. The van der Waals surface area contributed by atoms with Gasteiger partial charge in [-0.3, -0.25) is 14.2 Å². The van der Waals surface area contributed by atoms with E-state index in [-0.39, 0.29) is 24.4 Å². The minimum Gasteiger partial charge on any atom is -0.493 e. The largest absolute Gasteiger partial charge is 0.493 e. The molecule has 0 atom stereocenters. The zero-order chi connectivity index (χ0) is 21.8. The van der Waals surface area contributed by atoms with Crippen LogP contribution in [0.5, 0.6) is 11.5 Å². The standard InChI is InChI=1S/C23H28N4O4/c1-30-18-12-16-17(13-19(18)31-2)26-22-21(16)25-14-27(23(22)29)11-9-20(28)24-10-8-15-6-4-3-5-7-15/h6,12-14,26H,3-5,7-11H2,1-2H3,(H,24,28). The average molecular weight is 425 g/mol. The first-order valence-corrected chi connectivity index (χ1v) is 10.7. The van der Waals surface area contributed by atoms with Crippen molar-refractivity contribution in [3.05, 3.63) is 40.5 Å². The SMILES string of the molecule is COc1cc2[nH]c3c(=O)n(CCC(=O)NCCC4=CCCCC4)cnc3c2cc1OC. The maximum absolute atomic E-state index is 12.9. The second kappa shape index (κ2) is 9.24. The van der Waals surface area contributed by atoms with Gasteiger partial charge in [0.05, 0.1) is 26.1 Å². The third-order valence-corrected chi connectivity index (χ3v) is 5.81. The summed E-state index contributed by atoms with van der Waals surface area (Å²) in [6.07, 6.45) is 9.71. The smallest absolute Gasteiger partial charge is 0.277 e. The van der Waals surface area contributed by atoms with Crippen molar-refractivity contribution in [3.8, 4) is 11.5 Å². The number of nitrogens with zero attached hydrogens (tertiary/aromatic N) is 2. The maximum Gasteiger partial charge on any atom is 0.277 e. The molecular formula is C23H28N4O4. The maximum atomic E-state index is 12.9. The lowest BCUT2D eigenvalue weighted by molar-refractivity contribution is -0.121. The van der Waals surface area contributed by atoms with Gasteiger partial charge in [0, 0.05) is 31.0 Å². The average Bonchev–Trinajstić information content (AvgIpc) is 3.16. The van der Waals surface area contributed by atoms with E-state index in [1.807, 2.05) is 0 Å². The summed E-state index contributed by atoms with van der Waals surface area (Å²) in [6, 6.07) is 3.59. The fraction of sp³-hybridized carbons (Fsp3) is 0.435. The van der Waals surface area contributed by atoms with Crippen molar-refractivity contribution in [2.24, 2.45) is 0 Å². The molecule has 0 radical (unpaired) electrons. The summed E-state index contributed by atoms with van der Waals surface area (Å²) in [5.74, 6) is 1.08. The number of rotatable bonds is 8. The number of amides is 1. The van der Waals surface area contributed by atoms with Crippen LogP contribution < -0.4 is 20.3 Å². The lowest BCUT2D eigenvalue weighted by Gasteiger charge is -2.13. The zero-order valence-corrected chi connectivity index (χ0v) is 18.0. The van der Waals surface area contributed by atoms with Crippen LogP contribution in [-0.4, -0.2) is 41.2 Å². The molecule has 0 saturated carbocycles. The monoisotopic (exact) mass is 424 g/mol. The Morgan fingerprint density at radius 1 is 1.23 bits per heavy atom. The fourth-order valence-electron chi connectivity index (χ4n) is 4.08. The van der Waals surface area contributed by atoms with Crippen molar-refractivity contribution in [3.63, 3.8) is 0 Å². The summed E-state index contributed by atoms with van der Waals surface area (Å²) in [5, 5.41) is 3.74. The first-order chi connectivity index (χ1) is 15.1. The third kappa shape index (κ3) is 4.42. The van der Waals surface area contributed by atoms with Gasteiger partial charge < -0.3 is 19.8 Å². The summed E-state index contributed by atoms with van der Waals surface area (Å²) in [5.41, 5.74) is 2.94. The number of methoxy groups -OCH3 is 2. The number of aromatic nitrogens is 3. The van der Waals surface area contributed by atoms with Crippen LogP contribution in [0.1, 0.15) is 38.5 Å². The number of fused-ring (bicyclic) bond motifs is 3. The summed E-state index contributed by atoms with van der Waals surface area (Å²) in [7, 11) is 3.13. The van der Waals surface area contributed by atoms with Gasteiger partial charge in [0.15, 0.2) is 11.5 Å². The molecule has 8 nitrogen and oxygen atoms in total. The van der Waals surface area contributed by atoms with E-state index in [2.05, 4.69) is 21.4 Å². The quantitative estimate of drug-likeness (QED) is 0.541. The molecule has 0 spiro atoms. The molecule has 0 aliphatic heterocycles. The molecule has 0 fully saturated rings. The zero-order valence-electron chi connectivity index (χ0n) is 18.0. The molecule has 1 amide bonds. The van der Waals surface area contributed by atoms with E-state index in [0.29, 0.717) is 29.1 Å². The molecule has 2 aromatic heterocycles. The molecule has 0 unspecified atom stereocenters. The van der Waals surface area contributed by atoms with E-state index in [1.54, 1.807) is 26.4 Å². The Labute approximate surface area is 180 Å². The molecular weight excluding hydrogens is 396 g/mol. The number of benzene rings is 1. The molecule has 31 heavy (non-hydrogen) atoms. The molecule has 1 aliphatic carbocycles. The number of H-pyrrole nitrogens is 1. The van der Waals surface area contributed by atoms with Gasteiger partial charge in [-0.05, 0) is 38.2 Å². The van der Waals surface area contributed by atoms with Crippen LogP contribution in [0, 0.1) is 0 Å². The van der Waals surface area contributed by atoms with Gasteiger partial charge in [-0.1, -0.05) is 11.6 Å². The number of aromatic amines is 1. The third-order valence-electron chi connectivity index (χ3n) is 5.81. The highest BCUT2D eigenvalue weighted by Gasteiger charge is 2.15. The molecule has 3 aromatic rings. The van der Waals surface area contributed by atoms with Gasteiger partial charge in [-0.15, -0.1) is 0 Å². The number of carbonyl (C=O) groups is 1. The van der Waals surface area contributed by atoms with E-state index in [4.69, 9.17) is 9.47 Å². The van der Waals surface area contributed by atoms with Crippen LogP contribution in [-0.2, 0) is 11.3 Å². The van der Waals surface area contributed by atoms with Crippen LogP contribution in [0.4, 0.5) is 0 Å². The Hall–Kier alpha value is -3.29. The number of allylic oxidation sites excluding steroid dienone is 1. The number of nitrogens with one attached hydrogen (secondary N) is 2.